The summed E-state index contributed by atoms with van der Waals surface area (Å²) in [7, 11) is 0. The van der Waals surface area contributed by atoms with Crippen molar-refractivity contribution < 1.29 is 13.2 Å². The fourth-order valence-electron chi connectivity index (χ4n) is 0.552. The molecule has 0 unspecified atom stereocenters. The maximum atomic E-state index is 11.6. The molecule has 0 atom stereocenters. The Hall–Kier alpha value is -0.290. The normalized spacial score (nSPS) is 13.8. The van der Waals surface area contributed by atoms with Crippen LogP contribution >= 0.6 is 0 Å². The molecule has 0 rings (SSSR count). The van der Waals surface area contributed by atoms with Gasteiger partial charge in [0.2, 0.25) is 0 Å². The summed E-state index contributed by atoms with van der Waals surface area (Å²) in [6, 6.07) is 0. The van der Waals surface area contributed by atoms with E-state index in [-0.39, 0.29) is 0 Å². The van der Waals surface area contributed by atoms with Crippen LogP contribution in [0.1, 0.15) is 20.3 Å². The molecule has 62 valence electrons. The van der Waals surface area contributed by atoms with Crippen molar-refractivity contribution in [3.8, 4) is 0 Å². The maximum Gasteiger partial charge on any atom is 0.390 e. The Balaban J connectivity index is 3.89. The molecule has 0 aliphatic heterocycles. The van der Waals surface area contributed by atoms with Crippen molar-refractivity contribution in [3.05, 3.63) is 0 Å². The van der Waals surface area contributed by atoms with Crippen LogP contribution in [0.15, 0.2) is 0 Å². The number of alkyl halides is 3. The summed E-state index contributed by atoms with van der Waals surface area (Å²) in [6.45, 7) is 2.78. The molecule has 10 heavy (non-hydrogen) atoms. The van der Waals surface area contributed by atoms with Crippen molar-refractivity contribution in [2.24, 2.45) is 5.84 Å². The SMILES string of the molecule is CC(C)(CC(F)(F)F)NN. The van der Waals surface area contributed by atoms with Gasteiger partial charge in [-0.15, -0.1) is 0 Å². The molecule has 0 bridgehead atoms. The largest absolute Gasteiger partial charge is 0.390 e. The minimum atomic E-state index is -4.16. The summed E-state index contributed by atoms with van der Waals surface area (Å²) in [6.07, 6.45) is -5.08. The number of halogens is 3. The van der Waals surface area contributed by atoms with Gasteiger partial charge in [-0.1, -0.05) is 0 Å². The number of hydrogen-bond acceptors (Lipinski definition) is 2. The molecule has 0 saturated carbocycles. The van der Waals surface area contributed by atoms with E-state index in [0.717, 1.165) is 0 Å². The van der Waals surface area contributed by atoms with Gasteiger partial charge in [-0.25, -0.2) is 0 Å². The van der Waals surface area contributed by atoms with Gasteiger partial charge in [0.1, 0.15) is 0 Å². The molecule has 0 heterocycles. The van der Waals surface area contributed by atoms with E-state index in [1.54, 1.807) is 0 Å². The van der Waals surface area contributed by atoms with E-state index in [0.29, 0.717) is 0 Å². The molecule has 0 amide bonds. The van der Waals surface area contributed by atoms with Gasteiger partial charge in [-0.05, 0) is 13.8 Å². The standard InChI is InChI=1S/C5H11F3N2/c1-4(2,10-9)3-5(6,7)8/h10H,3,9H2,1-2H3. The number of nitrogens with two attached hydrogens (primary N) is 1. The zero-order valence-corrected chi connectivity index (χ0v) is 5.92. The zero-order chi connectivity index (χ0) is 8.41. The van der Waals surface area contributed by atoms with Crippen LogP contribution in [0.2, 0.25) is 0 Å². The third kappa shape index (κ3) is 4.58. The minimum absolute atomic E-state index is 0.920. The summed E-state index contributed by atoms with van der Waals surface area (Å²) in [5.74, 6) is 4.86. The van der Waals surface area contributed by atoms with E-state index in [1.165, 1.54) is 13.8 Å². The van der Waals surface area contributed by atoms with Crippen molar-refractivity contribution >= 4 is 0 Å². The highest BCUT2D eigenvalue weighted by Crippen LogP contribution is 2.26. The molecule has 0 spiro atoms. The molecule has 0 saturated heterocycles. The Morgan fingerprint density at radius 2 is 1.70 bits per heavy atom. The molecule has 0 aliphatic rings. The molecule has 0 fully saturated rings. The summed E-state index contributed by atoms with van der Waals surface area (Å²) < 4.78 is 34.9. The van der Waals surface area contributed by atoms with Crippen molar-refractivity contribution in [1.82, 2.24) is 5.43 Å². The number of nitrogens with one attached hydrogen (secondary N) is 1. The van der Waals surface area contributed by atoms with Crippen molar-refractivity contribution in [1.29, 1.82) is 0 Å². The number of hydrogen-bond donors (Lipinski definition) is 2. The lowest BCUT2D eigenvalue weighted by molar-refractivity contribution is -0.147. The van der Waals surface area contributed by atoms with Crippen molar-refractivity contribution in [3.63, 3.8) is 0 Å². The van der Waals surface area contributed by atoms with E-state index in [2.05, 4.69) is 5.43 Å². The lowest BCUT2D eigenvalue weighted by atomic mass is 10.0. The van der Waals surface area contributed by atoms with Crippen LogP contribution in [0.25, 0.3) is 0 Å². The maximum absolute atomic E-state index is 11.6. The fraction of sp³-hybridized carbons (Fsp3) is 1.00. The monoisotopic (exact) mass is 156 g/mol. The van der Waals surface area contributed by atoms with E-state index in [1.807, 2.05) is 0 Å². The average Bonchev–Trinajstić information content (AvgIpc) is 1.60. The second-order valence-corrected chi connectivity index (χ2v) is 2.82. The van der Waals surface area contributed by atoms with E-state index in [4.69, 9.17) is 5.84 Å². The smallest absolute Gasteiger partial charge is 0.271 e. The van der Waals surface area contributed by atoms with Crippen LogP contribution in [0.5, 0.6) is 0 Å². The topological polar surface area (TPSA) is 38.0 Å². The Kier molecular flexibility index (Phi) is 2.67. The quantitative estimate of drug-likeness (QED) is 0.465. The van der Waals surface area contributed by atoms with Gasteiger partial charge in [0.15, 0.2) is 0 Å². The Morgan fingerprint density at radius 3 is 1.80 bits per heavy atom. The third-order valence-corrected chi connectivity index (χ3v) is 1.03. The van der Waals surface area contributed by atoms with Gasteiger partial charge in [0.25, 0.3) is 0 Å². The summed E-state index contributed by atoms with van der Waals surface area (Å²) in [5.41, 5.74) is 1.01. The summed E-state index contributed by atoms with van der Waals surface area (Å²) in [5, 5.41) is 0. The van der Waals surface area contributed by atoms with Crippen LogP contribution in [0, 0.1) is 0 Å². The molecule has 5 heteroatoms. The van der Waals surface area contributed by atoms with E-state index >= 15 is 0 Å². The number of rotatable bonds is 2. The average molecular weight is 156 g/mol. The van der Waals surface area contributed by atoms with E-state index < -0.39 is 18.1 Å². The highest BCUT2D eigenvalue weighted by atomic mass is 19.4. The second kappa shape index (κ2) is 2.75. The predicted octanol–water partition coefficient (Wildman–Crippen LogP) is 1.18. The van der Waals surface area contributed by atoms with Crippen LogP contribution in [-0.2, 0) is 0 Å². The summed E-state index contributed by atoms with van der Waals surface area (Å²) >= 11 is 0. The molecule has 0 aromatic rings. The van der Waals surface area contributed by atoms with Gasteiger partial charge >= 0.3 is 6.18 Å². The first kappa shape index (κ1) is 9.71. The molecule has 0 aromatic carbocycles. The molecule has 0 radical (unpaired) electrons. The first-order chi connectivity index (χ1) is 4.27. The molecular weight excluding hydrogens is 145 g/mol. The van der Waals surface area contributed by atoms with E-state index in [9.17, 15) is 13.2 Å². The predicted molar refractivity (Wildman–Crippen MR) is 32.1 cm³/mol. The fourth-order valence-corrected chi connectivity index (χ4v) is 0.552. The molecule has 2 nitrogen and oxygen atoms in total. The van der Waals surface area contributed by atoms with Crippen LogP contribution < -0.4 is 11.3 Å². The lowest BCUT2D eigenvalue weighted by Gasteiger charge is -2.24. The first-order valence-electron chi connectivity index (χ1n) is 2.81. The zero-order valence-electron chi connectivity index (χ0n) is 5.92. The Labute approximate surface area is 57.6 Å². The Bertz CT molecular complexity index is 108. The minimum Gasteiger partial charge on any atom is -0.271 e. The molecule has 0 aromatic heterocycles. The van der Waals surface area contributed by atoms with Crippen LogP contribution in [0.4, 0.5) is 13.2 Å². The Morgan fingerprint density at radius 1 is 1.30 bits per heavy atom. The van der Waals surface area contributed by atoms with Gasteiger partial charge in [-0.3, -0.25) is 11.3 Å². The highest BCUT2D eigenvalue weighted by molar-refractivity contribution is 4.77. The second-order valence-electron chi connectivity index (χ2n) is 2.82. The van der Waals surface area contributed by atoms with Crippen LogP contribution in [-0.4, -0.2) is 11.7 Å². The summed E-state index contributed by atoms with van der Waals surface area (Å²) in [4.78, 5) is 0. The van der Waals surface area contributed by atoms with Gasteiger partial charge < -0.3 is 0 Å². The molecular formula is C5H11F3N2. The lowest BCUT2D eigenvalue weighted by Crippen LogP contribution is -2.47. The van der Waals surface area contributed by atoms with Crippen molar-refractivity contribution in [2.75, 3.05) is 0 Å². The molecule has 3 N–H and O–H groups in total. The highest BCUT2D eigenvalue weighted by Gasteiger charge is 2.35. The van der Waals surface area contributed by atoms with Gasteiger partial charge in [-0.2, -0.15) is 13.2 Å². The van der Waals surface area contributed by atoms with Gasteiger partial charge in [0.05, 0.1) is 6.42 Å². The third-order valence-electron chi connectivity index (χ3n) is 1.03. The molecule has 0 aliphatic carbocycles. The van der Waals surface area contributed by atoms with Crippen LogP contribution in [0.3, 0.4) is 0 Å². The van der Waals surface area contributed by atoms with Crippen molar-refractivity contribution in [2.45, 2.75) is 32.0 Å². The van der Waals surface area contributed by atoms with Gasteiger partial charge in [0, 0.05) is 5.54 Å². The first-order valence-corrected chi connectivity index (χ1v) is 2.81. The number of hydrazine groups is 1.